The molecule has 0 aromatic heterocycles. The Balaban J connectivity index is 2.17. The molecule has 0 heterocycles. The van der Waals surface area contributed by atoms with E-state index < -0.39 is 11.9 Å². The van der Waals surface area contributed by atoms with E-state index in [1.807, 2.05) is 0 Å². The van der Waals surface area contributed by atoms with Crippen molar-refractivity contribution in [2.24, 2.45) is 5.92 Å². The Bertz CT molecular complexity index is 668. The van der Waals surface area contributed by atoms with Crippen LogP contribution >= 0.6 is 0 Å². The molecular weight excluding hydrogens is 436 g/mol. The second-order valence-electron chi connectivity index (χ2n) is 10.3. The molecule has 0 bridgehead atoms. The summed E-state index contributed by atoms with van der Waals surface area (Å²) < 4.78 is 10.9. The lowest BCUT2D eigenvalue weighted by Crippen LogP contribution is -2.15. The zero-order chi connectivity index (χ0) is 25.6. The molecule has 0 fully saturated rings. The Morgan fingerprint density at radius 3 is 1.37 bits per heavy atom. The maximum absolute atomic E-state index is 12.5. The molecule has 0 N–H and O–H groups in total. The third-order valence-corrected chi connectivity index (χ3v) is 6.51. The molecule has 0 unspecified atom stereocenters. The standard InChI is InChI=1S/C31H52O4/c1-4-5-6-7-8-9-10-11-12-15-20-25-34-30(32)28-23-18-19-24-29(28)31(33)35-26-21-16-13-14-17-22-27(2)3/h18-19,23-24,27H,4-17,20-22,25-26H2,1-3H3. The van der Waals surface area contributed by atoms with Gasteiger partial charge in [-0.2, -0.15) is 0 Å². The lowest BCUT2D eigenvalue weighted by molar-refractivity contribution is 0.0450. The number of carbonyl (C=O) groups excluding carboxylic acids is 2. The fourth-order valence-corrected chi connectivity index (χ4v) is 4.28. The molecule has 0 saturated heterocycles. The van der Waals surface area contributed by atoms with E-state index >= 15 is 0 Å². The minimum absolute atomic E-state index is 0.299. The van der Waals surface area contributed by atoms with Crippen molar-refractivity contribution in [2.45, 2.75) is 130 Å². The van der Waals surface area contributed by atoms with Gasteiger partial charge < -0.3 is 9.47 Å². The van der Waals surface area contributed by atoms with Crippen molar-refractivity contribution in [3.63, 3.8) is 0 Å². The molecule has 4 nitrogen and oxygen atoms in total. The molecule has 0 spiro atoms. The fourth-order valence-electron chi connectivity index (χ4n) is 4.28. The van der Waals surface area contributed by atoms with E-state index in [-0.39, 0.29) is 0 Å². The van der Waals surface area contributed by atoms with Gasteiger partial charge in [-0.15, -0.1) is 0 Å². The van der Waals surface area contributed by atoms with Crippen LogP contribution in [0.3, 0.4) is 0 Å². The van der Waals surface area contributed by atoms with Crippen molar-refractivity contribution >= 4 is 11.9 Å². The number of rotatable bonds is 22. The topological polar surface area (TPSA) is 52.6 Å². The van der Waals surface area contributed by atoms with E-state index in [0.29, 0.717) is 24.3 Å². The Morgan fingerprint density at radius 2 is 0.971 bits per heavy atom. The number of hydrogen-bond donors (Lipinski definition) is 0. The van der Waals surface area contributed by atoms with Gasteiger partial charge in [0, 0.05) is 0 Å². The van der Waals surface area contributed by atoms with E-state index in [4.69, 9.17) is 9.47 Å². The van der Waals surface area contributed by atoms with Crippen LogP contribution in [0.25, 0.3) is 0 Å². The number of carbonyl (C=O) groups is 2. The minimum atomic E-state index is -0.438. The smallest absolute Gasteiger partial charge is 0.339 e. The summed E-state index contributed by atoms with van der Waals surface area (Å²) in [5, 5.41) is 0. The van der Waals surface area contributed by atoms with Gasteiger partial charge in [0.1, 0.15) is 0 Å². The molecule has 1 aromatic rings. The van der Waals surface area contributed by atoms with Crippen LogP contribution in [0, 0.1) is 5.92 Å². The Labute approximate surface area is 215 Å². The predicted molar refractivity (Wildman–Crippen MR) is 146 cm³/mol. The average molecular weight is 489 g/mol. The summed E-state index contributed by atoms with van der Waals surface area (Å²) in [7, 11) is 0. The highest BCUT2D eigenvalue weighted by Crippen LogP contribution is 2.15. The van der Waals surface area contributed by atoms with Crippen LogP contribution in [0.5, 0.6) is 0 Å². The largest absolute Gasteiger partial charge is 0.462 e. The fraction of sp³-hybridized carbons (Fsp3) is 0.742. The van der Waals surface area contributed by atoms with E-state index in [2.05, 4.69) is 20.8 Å². The number of esters is 2. The minimum Gasteiger partial charge on any atom is -0.462 e. The van der Waals surface area contributed by atoms with E-state index in [1.54, 1.807) is 24.3 Å². The Morgan fingerprint density at radius 1 is 0.600 bits per heavy atom. The summed E-state index contributed by atoms with van der Waals surface area (Å²) in [5.74, 6) is -0.107. The number of unbranched alkanes of at least 4 members (excludes halogenated alkanes) is 14. The van der Waals surface area contributed by atoms with Gasteiger partial charge in [0.2, 0.25) is 0 Å². The molecule has 0 atom stereocenters. The van der Waals surface area contributed by atoms with Crippen LogP contribution in [0.1, 0.15) is 151 Å². The van der Waals surface area contributed by atoms with Gasteiger partial charge in [-0.1, -0.05) is 129 Å². The first-order valence-electron chi connectivity index (χ1n) is 14.5. The molecule has 0 radical (unpaired) electrons. The highest BCUT2D eigenvalue weighted by atomic mass is 16.5. The second-order valence-corrected chi connectivity index (χ2v) is 10.3. The van der Waals surface area contributed by atoms with Gasteiger partial charge in [-0.05, 0) is 30.9 Å². The van der Waals surface area contributed by atoms with Crippen LogP contribution < -0.4 is 0 Å². The summed E-state index contributed by atoms with van der Waals surface area (Å²) in [6.45, 7) is 7.56. The lowest BCUT2D eigenvalue weighted by atomic mass is 10.0. The highest BCUT2D eigenvalue weighted by Gasteiger charge is 2.18. The molecule has 0 aliphatic heterocycles. The average Bonchev–Trinajstić information content (AvgIpc) is 2.85. The van der Waals surface area contributed by atoms with E-state index in [9.17, 15) is 9.59 Å². The Kier molecular flexibility index (Phi) is 19.1. The molecule has 4 heteroatoms. The van der Waals surface area contributed by atoms with Gasteiger partial charge >= 0.3 is 11.9 Å². The van der Waals surface area contributed by atoms with E-state index in [0.717, 1.165) is 31.6 Å². The molecule has 0 amide bonds. The lowest BCUT2D eigenvalue weighted by Gasteiger charge is -2.10. The normalized spacial score (nSPS) is 11.1. The van der Waals surface area contributed by atoms with Gasteiger partial charge in [-0.25, -0.2) is 9.59 Å². The summed E-state index contributed by atoms with van der Waals surface area (Å²) in [4.78, 5) is 25.1. The van der Waals surface area contributed by atoms with Crippen LogP contribution in [0.15, 0.2) is 24.3 Å². The molecule has 35 heavy (non-hydrogen) atoms. The first-order valence-corrected chi connectivity index (χ1v) is 14.5. The molecule has 0 saturated carbocycles. The second kappa shape index (κ2) is 21.4. The molecule has 200 valence electrons. The maximum Gasteiger partial charge on any atom is 0.339 e. The van der Waals surface area contributed by atoms with Gasteiger partial charge in [0.25, 0.3) is 0 Å². The monoisotopic (exact) mass is 488 g/mol. The SMILES string of the molecule is CCCCCCCCCCCCCOC(=O)c1ccccc1C(=O)OCCCCCCCC(C)C. The van der Waals surface area contributed by atoms with Crippen molar-refractivity contribution < 1.29 is 19.1 Å². The molecular formula is C31H52O4. The number of benzene rings is 1. The van der Waals surface area contributed by atoms with Crippen molar-refractivity contribution in [1.29, 1.82) is 0 Å². The van der Waals surface area contributed by atoms with Crippen LogP contribution in [-0.4, -0.2) is 25.2 Å². The van der Waals surface area contributed by atoms with Crippen molar-refractivity contribution in [3.05, 3.63) is 35.4 Å². The number of hydrogen-bond acceptors (Lipinski definition) is 4. The summed E-state index contributed by atoms with van der Waals surface area (Å²) in [5.41, 5.74) is 0.600. The third-order valence-electron chi connectivity index (χ3n) is 6.51. The first-order chi connectivity index (χ1) is 17.1. The zero-order valence-electron chi connectivity index (χ0n) is 23.0. The Hall–Kier alpha value is -1.84. The van der Waals surface area contributed by atoms with Gasteiger partial charge in [0.05, 0.1) is 24.3 Å². The molecule has 0 aliphatic rings. The summed E-state index contributed by atoms with van der Waals surface area (Å²) in [6.07, 6.45) is 20.7. The van der Waals surface area contributed by atoms with E-state index in [1.165, 1.54) is 83.5 Å². The zero-order valence-corrected chi connectivity index (χ0v) is 23.0. The van der Waals surface area contributed by atoms with Gasteiger partial charge in [-0.3, -0.25) is 0 Å². The van der Waals surface area contributed by atoms with Crippen molar-refractivity contribution in [2.75, 3.05) is 13.2 Å². The molecule has 0 aliphatic carbocycles. The summed E-state index contributed by atoms with van der Waals surface area (Å²) >= 11 is 0. The predicted octanol–water partition coefficient (Wildman–Crippen LogP) is 9.31. The molecule has 1 rings (SSSR count). The van der Waals surface area contributed by atoms with Gasteiger partial charge in [0.15, 0.2) is 0 Å². The quantitative estimate of drug-likeness (QED) is 0.120. The maximum atomic E-state index is 12.5. The highest BCUT2D eigenvalue weighted by molar-refractivity contribution is 6.03. The first kappa shape index (κ1) is 31.2. The van der Waals surface area contributed by atoms with Crippen LogP contribution in [0.4, 0.5) is 0 Å². The number of ether oxygens (including phenoxy) is 2. The summed E-state index contributed by atoms with van der Waals surface area (Å²) in [6, 6.07) is 6.81. The van der Waals surface area contributed by atoms with Crippen molar-refractivity contribution in [1.82, 2.24) is 0 Å². The van der Waals surface area contributed by atoms with Crippen LogP contribution in [0.2, 0.25) is 0 Å². The molecule has 1 aromatic carbocycles. The van der Waals surface area contributed by atoms with Crippen LogP contribution in [-0.2, 0) is 9.47 Å². The third kappa shape index (κ3) is 16.5. The van der Waals surface area contributed by atoms with Crippen molar-refractivity contribution in [3.8, 4) is 0 Å².